The molecule has 1 aromatic heterocycles. The van der Waals surface area contributed by atoms with E-state index in [1.54, 1.807) is 16.4 Å². The van der Waals surface area contributed by atoms with Crippen molar-refractivity contribution in [1.29, 1.82) is 0 Å². The SMILES string of the molecule is Cc1ccc(-n2nc3c(c2NC(=O)C(=O)N2CCC(C(N)=O)CC2)CSC3)cc1. The number of anilines is 1. The van der Waals surface area contributed by atoms with E-state index in [2.05, 4.69) is 10.4 Å². The molecule has 2 aromatic rings. The van der Waals surface area contributed by atoms with Crippen LogP contribution in [0.1, 0.15) is 29.7 Å². The maximum atomic E-state index is 12.7. The number of nitrogens with one attached hydrogen (secondary N) is 1. The Kier molecular flexibility index (Phi) is 5.31. The lowest BCUT2D eigenvalue weighted by atomic mass is 9.96. The molecule has 1 fully saturated rings. The number of rotatable bonds is 3. The molecular weight excluding hydrogens is 390 g/mol. The summed E-state index contributed by atoms with van der Waals surface area (Å²) in [6, 6.07) is 7.85. The molecule has 1 saturated heterocycles. The first-order valence-electron chi connectivity index (χ1n) is 9.59. The van der Waals surface area contributed by atoms with Gasteiger partial charge in [0, 0.05) is 36.1 Å². The molecule has 0 saturated carbocycles. The third-order valence-electron chi connectivity index (χ3n) is 5.44. The molecule has 0 unspecified atom stereocenters. The number of benzene rings is 1. The van der Waals surface area contributed by atoms with Gasteiger partial charge in [-0.15, -0.1) is 0 Å². The van der Waals surface area contributed by atoms with Gasteiger partial charge in [-0.3, -0.25) is 14.4 Å². The lowest BCUT2D eigenvalue weighted by Gasteiger charge is -2.30. The Morgan fingerprint density at radius 1 is 1.14 bits per heavy atom. The number of hydrogen-bond acceptors (Lipinski definition) is 5. The molecule has 3 amide bonds. The number of fused-ring (bicyclic) bond motifs is 1. The van der Waals surface area contributed by atoms with Crippen LogP contribution in [-0.2, 0) is 25.9 Å². The van der Waals surface area contributed by atoms with Crippen molar-refractivity contribution in [1.82, 2.24) is 14.7 Å². The summed E-state index contributed by atoms with van der Waals surface area (Å²) in [5, 5.41) is 7.45. The lowest BCUT2D eigenvalue weighted by molar-refractivity contribution is -0.144. The summed E-state index contributed by atoms with van der Waals surface area (Å²) in [7, 11) is 0. The Hall–Kier alpha value is -2.81. The first-order valence-corrected chi connectivity index (χ1v) is 10.7. The summed E-state index contributed by atoms with van der Waals surface area (Å²) in [5.41, 5.74) is 9.19. The van der Waals surface area contributed by atoms with E-state index in [-0.39, 0.29) is 11.8 Å². The number of carbonyl (C=O) groups excluding carboxylic acids is 3. The van der Waals surface area contributed by atoms with Gasteiger partial charge in [-0.1, -0.05) is 17.7 Å². The Balaban J connectivity index is 1.53. The second-order valence-electron chi connectivity index (χ2n) is 7.44. The molecule has 152 valence electrons. The molecule has 2 aliphatic rings. The van der Waals surface area contributed by atoms with Gasteiger partial charge in [0.05, 0.1) is 11.4 Å². The van der Waals surface area contributed by atoms with Gasteiger partial charge in [0.25, 0.3) is 0 Å². The smallest absolute Gasteiger partial charge is 0.315 e. The van der Waals surface area contributed by atoms with Crippen LogP contribution in [0.5, 0.6) is 0 Å². The van der Waals surface area contributed by atoms with Crippen molar-refractivity contribution in [3.05, 3.63) is 41.1 Å². The molecule has 8 nitrogen and oxygen atoms in total. The highest BCUT2D eigenvalue weighted by Crippen LogP contribution is 2.36. The Morgan fingerprint density at radius 2 is 1.83 bits per heavy atom. The predicted octanol–water partition coefficient (Wildman–Crippen LogP) is 1.59. The zero-order valence-corrected chi connectivity index (χ0v) is 17.0. The number of piperidine rings is 1. The zero-order chi connectivity index (χ0) is 20.5. The third-order valence-corrected chi connectivity index (χ3v) is 6.41. The molecule has 0 bridgehead atoms. The number of likely N-dealkylation sites (tertiary alicyclic amines) is 1. The van der Waals surface area contributed by atoms with Gasteiger partial charge in [-0.05, 0) is 31.9 Å². The topological polar surface area (TPSA) is 110 Å². The van der Waals surface area contributed by atoms with Crippen molar-refractivity contribution >= 4 is 35.3 Å². The highest BCUT2D eigenvalue weighted by molar-refractivity contribution is 7.98. The number of nitrogens with zero attached hydrogens (tertiary/aromatic N) is 3. The number of nitrogens with two attached hydrogens (primary N) is 1. The summed E-state index contributed by atoms with van der Waals surface area (Å²) in [5.74, 6) is 0.223. The second kappa shape index (κ2) is 7.90. The van der Waals surface area contributed by atoms with Crippen molar-refractivity contribution < 1.29 is 14.4 Å². The summed E-state index contributed by atoms with van der Waals surface area (Å²) >= 11 is 1.73. The number of amides is 3. The Morgan fingerprint density at radius 3 is 2.48 bits per heavy atom. The highest BCUT2D eigenvalue weighted by Gasteiger charge is 2.31. The first kappa shape index (κ1) is 19.5. The maximum absolute atomic E-state index is 12.7. The number of hydrogen-bond donors (Lipinski definition) is 2. The van der Waals surface area contributed by atoms with E-state index in [9.17, 15) is 14.4 Å². The van der Waals surface area contributed by atoms with Gasteiger partial charge in [-0.2, -0.15) is 16.9 Å². The normalized spacial score (nSPS) is 16.5. The molecule has 3 heterocycles. The molecule has 0 radical (unpaired) electrons. The van der Waals surface area contributed by atoms with E-state index >= 15 is 0 Å². The molecular formula is C20H23N5O3S. The van der Waals surface area contributed by atoms with Crippen LogP contribution in [0.25, 0.3) is 5.69 Å². The quantitative estimate of drug-likeness (QED) is 0.743. The number of thioether (sulfide) groups is 1. The van der Waals surface area contributed by atoms with Crippen LogP contribution in [-0.4, -0.2) is 45.5 Å². The van der Waals surface area contributed by atoms with Crippen LogP contribution in [0.2, 0.25) is 0 Å². The molecule has 3 N–H and O–H groups in total. The number of aryl methyl sites for hydroxylation is 1. The summed E-state index contributed by atoms with van der Waals surface area (Å²) in [6.07, 6.45) is 0.976. The van der Waals surface area contributed by atoms with Gasteiger partial charge in [0.15, 0.2) is 0 Å². The molecule has 0 aliphatic carbocycles. The standard InChI is InChI=1S/C20H23N5O3S/c1-12-2-4-14(5-3-12)25-18(15-10-29-11-16(15)23-25)22-19(27)20(28)24-8-6-13(7-9-24)17(21)26/h2-5,13H,6-11H2,1H3,(H2,21,26)(H,22,27). The molecule has 9 heteroatoms. The van der Waals surface area contributed by atoms with Gasteiger partial charge < -0.3 is 16.0 Å². The van der Waals surface area contributed by atoms with Crippen LogP contribution in [0.15, 0.2) is 24.3 Å². The highest BCUT2D eigenvalue weighted by atomic mass is 32.2. The van der Waals surface area contributed by atoms with Crippen molar-refractivity contribution in [2.24, 2.45) is 11.7 Å². The number of aromatic nitrogens is 2. The van der Waals surface area contributed by atoms with Crippen LogP contribution in [0, 0.1) is 12.8 Å². The zero-order valence-electron chi connectivity index (χ0n) is 16.2. The molecule has 4 rings (SSSR count). The average molecular weight is 414 g/mol. The van der Waals surface area contributed by atoms with Crippen LogP contribution in [0.3, 0.4) is 0 Å². The van der Waals surface area contributed by atoms with Gasteiger partial charge in [0.1, 0.15) is 5.82 Å². The van der Waals surface area contributed by atoms with E-state index in [1.807, 2.05) is 31.2 Å². The fraction of sp³-hybridized carbons (Fsp3) is 0.400. The van der Waals surface area contributed by atoms with E-state index in [0.717, 1.165) is 34.0 Å². The Bertz CT molecular complexity index is 961. The number of carbonyl (C=O) groups is 3. The minimum atomic E-state index is -0.685. The van der Waals surface area contributed by atoms with Crippen molar-refractivity contribution in [3.63, 3.8) is 0 Å². The van der Waals surface area contributed by atoms with Crippen LogP contribution in [0.4, 0.5) is 5.82 Å². The first-order chi connectivity index (χ1) is 13.9. The van der Waals surface area contributed by atoms with Crippen LogP contribution < -0.4 is 11.1 Å². The van der Waals surface area contributed by atoms with Gasteiger partial charge in [0.2, 0.25) is 5.91 Å². The van der Waals surface area contributed by atoms with Gasteiger partial charge >= 0.3 is 11.8 Å². The predicted molar refractivity (Wildman–Crippen MR) is 110 cm³/mol. The van der Waals surface area contributed by atoms with Crippen molar-refractivity contribution in [2.75, 3.05) is 18.4 Å². The summed E-state index contributed by atoms with van der Waals surface area (Å²) in [6.45, 7) is 2.71. The molecule has 0 atom stereocenters. The van der Waals surface area contributed by atoms with Gasteiger partial charge in [-0.25, -0.2) is 4.68 Å². The monoisotopic (exact) mass is 413 g/mol. The Labute approximate surface area is 172 Å². The molecule has 29 heavy (non-hydrogen) atoms. The minimum absolute atomic E-state index is 0.231. The van der Waals surface area contributed by atoms with Crippen LogP contribution >= 0.6 is 11.8 Å². The summed E-state index contributed by atoms with van der Waals surface area (Å²) < 4.78 is 1.70. The second-order valence-corrected chi connectivity index (χ2v) is 8.42. The molecule has 2 aliphatic heterocycles. The van der Waals surface area contributed by atoms with E-state index in [1.165, 1.54) is 4.90 Å². The average Bonchev–Trinajstić information content (AvgIpc) is 3.31. The van der Waals surface area contributed by atoms with E-state index in [4.69, 9.17) is 5.73 Å². The maximum Gasteiger partial charge on any atom is 0.315 e. The van der Waals surface area contributed by atoms with E-state index < -0.39 is 11.8 Å². The molecule has 0 spiro atoms. The lowest BCUT2D eigenvalue weighted by Crippen LogP contribution is -2.46. The molecule has 1 aromatic carbocycles. The largest absolute Gasteiger partial charge is 0.369 e. The number of primary amides is 1. The third kappa shape index (κ3) is 3.87. The van der Waals surface area contributed by atoms with Crippen molar-refractivity contribution in [2.45, 2.75) is 31.3 Å². The summed E-state index contributed by atoms with van der Waals surface area (Å²) in [4.78, 5) is 38.2. The van der Waals surface area contributed by atoms with E-state index in [0.29, 0.717) is 31.7 Å². The fourth-order valence-electron chi connectivity index (χ4n) is 3.69. The van der Waals surface area contributed by atoms with Crippen molar-refractivity contribution in [3.8, 4) is 5.69 Å². The fourth-order valence-corrected chi connectivity index (χ4v) is 4.72. The minimum Gasteiger partial charge on any atom is -0.369 e.